The summed E-state index contributed by atoms with van der Waals surface area (Å²) in [5.41, 5.74) is 0. The fourth-order valence-corrected chi connectivity index (χ4v) is 2.40. The lowest BCUT2D eigenvalue weighted by Crippen LogP contribution is -2.03. The summed E-state index contributed by atoms with van der Waals surface area (Å²) in [6.45, 7) is 1.20. The summed E-state index contributed by atoms with van der Waals surface area (Å²) in [4.78, 5) is 0. The van der Waals surface area contributed by atoms with Gasteiger partial charge in [-0.05, 0) is 37.1 Å². The normalized spacial score (nSPS) is 10.2. The third-order valence-electron chi connectivity index (χ3n) is 3.79. The highest BCUT2D eigenvalue weighted by atomic mass is 16.5. The standard InChI is InChI=1S/C20H26O6/c1-21-17-9-7-15(13-19(17)23-3)25-11-5-6-12-26-16-8-10-18(22-2)20(14-16)24-4/h7-10,13-14H,5-6,11-12H2,1-4H3. The molecule has 0 amide bonds. The number of hydrogen-bond acceptors (Lipinski definition) is 6. The third-order valence-corrected chi connectivity index (χ3v) is 3.79. The number of unbranched alkanes of at least 4 members (excludes halogenated alkanes) is 1. The maximum absolute atomic E-state index is 5.74. The first-order valence-electron chi connectivity index (χ1n) is 8.41. The summed E-state index contributed by atoms with van der Waals surface area (Å²) in [5, 5.41) is 0. The fourth-order valence-electron chi connectivity index (χ4n) is 2.40. The Morgan fingerprint density at radius 3 is 1.27 bits per heavy atom. The summed E-state index contributed by atoms with van der Waals surface area (Å²) < 4.78 is 32.4. The molecular formula is C20H26O6. The van der Waals surface area contributed by atoms with Crippen LogP contribution in [0.3, 0.4) is 0 Å². The molecule has 142 valence electrons. The van der Waals surface area contributed by atoms with Gasteiger partial charge in [0.1, 0.15) is 11.5 Å². The average molecular weight is 362 g/mol. The van der Waals surface area contributed by atoms with Gasteiger partial charge >= 0.3 is 0 Å². The van der Waals surface area contributed by atoms with Crippen molar-refractivity contribution in [1.29, 1.82) is 0 Å². The number of benzene rings is 2. The van der Waals surface area contributed by atoms with E-state index in [1.54, 1.807) is 28.4 Å². The molecule has 0 spiro atoms. The lowest BCUT2D eigenvalue weighted by molar-refractivity contribution is 0.263. The molecule has 0 heterocycles. The van der Waals surface area contributed by atoms with E-state index in [1.807, 2.05) is 36.4 Å². The highest BCUT2D eigenvalue weighted by Gasteiger charge is 2.06. The van der Waals surface area contributed by atoms with E-state index in [0.29, 0.717) is 36.2 Å². The molecule has 0 fully saturated rings. The van der Waals surface area contributed by atoms with E-state index in [9.17, 15) is 0 Å². The lowest BCUT2D eigenvalue weighted by atomic mass is 10.3. The van der Waals surface area contributed by atoms with Crippen LogP contribution < -0.4 is 28.4 Å². The van der Waals surface area contributed by atoms with Crippen molar-refractivity contribution >= 4 is 0 Å². The van der Waals surface area contributed by atoms with Gasteiger partial charge in [-0.15, -0.1) is 0 Å². The Bertz CT molecular complexity index is 626. The van der Waals surface area contributed by atoms with Gasteiger partial charge in [-0.1, -0.05) is 0 Å². The van der Waals surface area contributed by atoms with Crippen molar-refractivity contribution in [2.24, 2.45) is 0 Å². The second-order valence-corrected chi connectivity index (χ2v) is 5.44. The Balaban J connectivity index is 1.71. The van der Waals surface area contributed by atoms with Crippen LogP contribution >= 0.6 is 0 Å². The molecule has 0 N–H and O–H groups in total. The number of methoxy groups -OCH3 is 4. The molecular weight excluding hydrogens is 336 g/mol. The Kier molecular flexibility index (Phi) is 7.74. The van der Waals surface area contributed by atoms with E-state index in [4.69, 9.17) is 28.4 Å². The van der Waals surface area contributed by atoms with Crippen LogP contribution in [0.15, 0.2) is 36.4 Å². The molecule has 6 heteroatoms. The van der Waals surface area contributed by atoms with E-state index < -0.39 is 0 Å². The van der Waals surface area contributed by atoms with Crippen molar-refractivity contribution in [3.8, 4) is 34.5 Å². The zero-order chi connectivity index (χ0) is 18.8. The van der Waals surface area contributed by atoms with Gasteiger partial charge in [-0.25, -0.2) is 0 Å². The molecule has 26 heavy (non-hydrogen) atoms. The van der Waals surface area contributed by atoms with Crippen LogP contribution in [0, 0.1) is 0 Å². The Morgan fingerprint density at radius 1 is 0.538 bits per heavy atom. The second-order valence-electron chi connectivity index (χ2n) is 5.44. The Labute approximate surface area is 154 Å². The molecule has 0 bridgehead atoms. The van der Waals surface area contributed by atoms with Gasteiger partial charge in [-0.2, -0.15) is 0 Å². The quantitative estimate of drug-likeness (QED) is 0.564. The summed E-state index contributed by atoms with van der Waals surface area (Å²) in [7, 11) is 6.42. The molecule has 0 radical (unpaired) electrons. The smallest absolute Gasteiger partial charge is 0.164 e. The molecule has 0 saturated carbocycles. The van der Waals surface area contributed by atoms with Gasteiger partial charge in [0.2, 0.25) is 0 Å². The summed E-state index contributed by atoms with van der Waals surface area (Å²) in [6.07, 6.45) is 1.75. The summed E-state index contributed by atoms with van der Waals surface area (Å²) >= 11 is 0. The van der Waals surface area contributed by atoms with E-state index in [-0.39, 0.29) is 0 Å². The first-order valence-corrected chi connectivity index (χ1v) is 8.41. The van der Waals surface area contributed by atoms with Gasteiger partial charge in [0, 0.05) is 12.1 Å². The van der Waals surface area contributed by atoms with Gasteiger partial charge in [0.05, 0.1) is 41.7 Å². The molecule has 2 aromatic rings. The number of hydrogen-bond donors (Lipinski definition) is 0. The molecule has 0 aromatic heterocycles. The van der Waals surface area contributed by atoms with Crippen LogP contribution in [-0.2, 0) is 0 Å². The molecule has 0 aliphatic rings. The molecule has 0 aliphatic heterocycles. The number of ether oxygens (including phenoxy) is 6. The SMILES string of the molecule is COc1ccc(OCCCCOc2ccc(OC)c(OC)c2)cc1OC. The zero-order valence-corrected chi connectivity index (χ0v) is 15.7. The molecule has 6 nitrogen and oxygen atoms in total. The van der Waals surface area contributed by atoms with Gasteiger partial charge in [0.15, 0.2) is 23.0 Å². The minimum Gasteiger partial charge on any atom is -0.493 e. The van der Waals surface area contributed by atoms with E-state index >= 15 is 0 Å². The monoisotopic (exact) mass is 362 g/mol. The maximum Gasteiger partial charge on any atom is 0.164 e. The predicted octanol–water partition coefficient (Wildman–Crippen LogP) is 3.96. The minimum atomic E-state index is 0.602. The van der Waals surface area contributed by atoms with Crippen molar-refractivity contribution in [3.63, 3.8) is 0 Å². The van der Waals surface area contributed by atoms with Crippen LogP contribution in [0.25, 0.3) is 0 Å². The predicted molar refractivity (Wildman–Crippen MR) is 99.3 cm³/mol. The largest absolute Gasteiger partial charge is 0.493 e. The van der Waals surface area contributed by atoms with Crippen molar-refractivity contribution in [1.82, 2.24) is 0 Å². The van der Waals surface area contributed by atoms with E-state index in [1.165, 1.54) is 0 Å². The van der Waals surface area contributed by atoms with Crippen LogP contribution in [-0.4, -0.2) is 41.7 Å². The molecule has 2 aromatic carbocycles. The zero-order valence-electron chi connectivity index (χ0n) is 15.7. The minimum absolute atomic E-state index is 0.602. The maximum atomic E-state index is 5.74. The Morgan fingerprint density at radius 2 is 0.923 bits per heavy atom. The lowest BCUT2D eigenvalue weighted by Gasteiger charge is -2.12. The van der Waals surface area contributed by atoms with Crippen molar-refractivity contribution in [2.75, 3.05) is 41.7 Å². The molecule has 2 rings (SSSR count). The van der Waals surface area contributed by atoms with Crippen LogP contribution in [0.1, 0.15) is 12.8 Å². The van der Waals surface area contributed by atoms with Gasteiger partial charge in [-0.3, -0.25) is 0 Å². The molecule has 0 atom stereocenters. The van der Waals surface area contributed by atoms with Gasteiger partial charge in [0.25, 0.3) is 0 Å². The topological polar surface area (TPSA) is 55.4 Å². The van der Waals surface area contributed by atoms with Crippen molar-refractivity contribution < 1.29 is 28.4 Å². The highest BCUT2D eigenvalue weighted by Crippen LogP contribution is 2.32. The van der Waals surface area contributed by atoms with Crippen LogP contribution in [0.4, 0.5) is 0 Å². The Hall–Kier alpha value is -2.76. The van der Waals surface area contributed by atoms with E-state index in [0.717, 1.165) is 24.3 Å². The first kappa shape index (κ1) is 19.6. The average Bonchev–Trinajstić information content (AvgIpc) is 2.70. The van der Waals surface area contributed by atoms with Crippen LogP contribution in [0.2, 0.25) is 0 Å². The van der Waals surface area contributed by atoms with Crippen molar-refractivity contribution in [3.05, 3.63) is 36.4 Å². The van der Waals surface area contributed by atoms with Crippen LogP contribution in [0.5, 0.6) is 34.5 Å². The van der Waals surface area contributed by atoms with Crippen molar-refractivity contribution in [2.45, 2.75) is 12.8 Å². The highest BCUT2D eigenvalue weighted by molar-refractivity contribution is 5.46. The third kappa shape index (κ3) is 5.37. The number of rotatable bonds is 11. The van der Waals surface area contributed by atoms with E-state index in [2.05, 4.69) is 0 Å². The fraction of sp³-hybridized carbons (Fsp3) is 0.400. The first-order chi connectivity index (χ1) is 12.7. The molecule has 0 saturated heterocycles. The second kappa shape index (κ2) is 10.3. The summed E-state index contributed by atoms with van der Waals surface area (Å²) in [5.74, 6) is 4.18. The molecule has 0 aliphatic carbocycles. The van der Waals surface area contributed by atoms with Gasteiger partial charge < -0.3 is 28.4 Å². The molecule has 0 unspecified atom stereocenters. The summed E-state index contributed by atoms with van der Waals surface area (Å²) in [6, 6.07) is 11.0.